The van der Waals surface area contributed by atoms with E-state index in [1.165, 1.54) is 6.92 Å². The van der Waals surface area contributed by atoms with Crippen molar-refractivity contribution < 1.29 is 9.90 Å². The van der Waals surface area contributed by atoms with Gasteiger partial charge in [-0.05, 0) is 38.1 Å². The molecule has 1 aromatic heterocycles. The zero-order valence-corrected chi connectivity index (χ0v) is 9.74. The van der Waals surface area contributed by atoms with Gasteiger partial charge in [0.2, 0.25) is 0 Å². The number of nitrogens with one attached hydrogen (secondary N) is 1. The van der Waals surface area contributed by atoms with E-state index >= 15 is 0 Å². The fourth-order valence-corrected chi connectivity index (χ4v) is 1.95. The molecule has 17 heavy (non-hydrogen) atoms. The molecule has 0 fully saturated rings. The lowest BCUT2D eigenvalue weighted by atomic mass is 10.1. The fraction of sp³-hybridized carbons (Fsp3) is 0.154. The van der Waals surface area contributed by atoms with Crippen LogP contribution in [0.2, 0.25) is 0 Å². The summed E-state index contributed by atoms with van der Waals surface area (Å²) in [6.07, 6.45) is 0. The summed E-state index contributed by atoms with van der Waals surface area (Å²) in [4.78, 5) is 14.5. The topological polar surface area (TPSA) is 79.1 Å². The molecule has 0 radical (unpaired) electrons. The molecule has 0 unspecified atom stereocenters. The average Bonchev–Trinajstić information content (AvgIpc) is 2.55. The Morgan fingerprint density at radius 1 is 1.29 bits per heavy atom. The second-order valence-corrected chi connectivity index (χ2v) is 4.02. The zero-order chi connectivity index (χ0) is 12.6. The molecule has 0 amide bonds. The Hall–Kier alpha value is -2.23. The maximum absolute atomic E-state index is 11.4. The van der Waals surface area contributed by atoms with Crippen molar-refractivity contribution >= 4 is 11.5 Å². The summed E-state index contributed by atoms with van der Waals surface area (Å²) in [6, 6.07) is 6.67. The van der Waals surface area contributed by atoms with Crippen molar-refractivity contribution in [3.63, 3.8) is 0 Å². The van der Waals surface area contributed by atoms with Crippen LogP contribution in [0.25, 0.3) is 11.3 Å². The van der Waals surface area contributed by atoms with Gasteiger partial charge in [0, 0.05) is 11.3 Å². The number of nitrogen functional groups attached to an aromatic ring is 1. The molecule has 2 rings (SSSR count). The zero-order valence-electron chi connectivity index (χ0n) is 9.74. The second-order valence-electron chi connectivity index (χ2n) is 4.02. The number of H-pyrrole nitrogens is 1. The number of anilines is 1. The first-order valence-corrected chi connectivity index (χ1v) is 5.29. The number of phenols is 1. The van der Waals surface area contributed by atoms with Crippen LogP contribution < -0.4 is 5.73 Å². The minimum Gasteiger partial charge on any atom is -0.508 e. The molecule has 0 bridgehead atoms. The van der Waals surface area contributed by atoms with Gasteiger partial charge in [0.15, 0.2) is 5.78 Å². The number of hydrogen-bond acceptors (Lipinski definition) is 3. The number of carbonyl (C=O) groups excluding carboxylic acids is 1. The summed E-state index contributed by atoms with van der Waals surface area (Å²) in [6.45, 7) is 3.31. The van der Waals surface area contributed by atoms with Gasteiger partial charge < -0.3 is 15.8 Å². The molecule has 0 aliphatic heterocycles. The Labute approximate surface area is 99.1 Å². The van der Waals surface area contributed by atoms with Gasteiger partial charge in [0.25, 0.3) is 0 Å². The second kappa shape index (κ2) is 3.97. The monoisotopic (exact) mass is 230 g/mol. The van der Waals surface area contributed by atoms with Crippen molar-refractivity contribution in [1.82, 2.24) is 4.98 Å². The number of aromatic amines is 1. The molecule has 4 nitrogen and oxygen atoms in total. The quantitative estimate of drug-likeness (QED) is 0.693. The highest BCUT2D eigenvalue weighted by Gasteiger charge is 2.16. The Balaban J connectivity index is 2.57. The Bertz CT molecular complexity index is 568. The van der Waals surface area contributed by atoms with E-state index in [0.29, 0.717) is 16.9 Å². The predicted molar refractivity (Wildman–Crippen MR) is 67.0 cm³/mol. The van der Waals surface area contributed by atoms with Gasteiger partial charge in [-0.3, -0.25) is 4.79 Å². The number of nitrogens with two attached hydrogens (primary N) is 1. The minimum atomic E-state index is -0.0544. The Morgan fingerprint density at radius 3 is 2.35 bits per heavy atom. The van der Waals surface area contributed by atoms with Crippen LogP contribution >= 0.6 is 0 Å². The number of rotatable bonds is 2. The summed E-state index contributed by atoms with van der Waals surface area (Å²) in [7, 11) is 0. The molecule has 4 N–H and O–H groups in total. The molecule has 1 heterocycles. The smallest absolute Gasteiger partial charge is 0.163 e. The van der Waals surface area contributed by atoms with Crippen LogP contribution in [0.1, 0.15) is 23.0 Å². The van der Waals surface area contributed by atoms with Crippen molar-refractivity contribution in [3.8, 4) is 17.0 Å². The third-order valence-corrected chi connectivity index (χ3v) is 2.73. The first-order valence-electron chi connectivity index (χ1n) is 5.29. The Morgan fingerprint density at radius 2 is 1.88 bits per heavy atom. The van der Waals surface area contributed by atoms with Gasteiger partial charge in [0.05, 0.1) is 16.9 Å². The molecule has 0 atom stereocenters. The van der Waals surface area contributed by atoms with E-state index in [2.05, 4.69) is 4.98 Å². The highest BCUT2D eigenvalue weighted by atomic mass is 16.3. The number of phenolic OH excluding ortho intramolecular Hbond substituents is 1. The standard InChI is InChI=1S/C13H14N2O2/c1-7-11(8(2)16)12(14)13(15-7)9-3-5-10(17)6-4-9/h3-6,15,17H,14H2,1-2H3. The lowest BCUT2D eigenvalue weighted by Crippen LogP contribution is -1.98. The van der Waals surface area contributed by atoms with Crippen molar-refractivity contribution in [2.24, 2.45) is 0 Å². The SMILES string of the molecule is CC(=O)c1c(C)[nH]c(-c2ccc(O)cc2)c1N. The number of ketones is 1. The predicted octanol–water partition coefficient (Wildman–Crippen LogP) is 2.48. The number of aromatic nitrogens is 1. The van der Waals surface area contributed by atoms with Crippen LogP contribution in [0.4, 0.5) is 5.69 Å². The number of aromatic hydroxyl groups is 1. The molecule has 0 aliphatic rings. The maximum Gasteiger partial charge on any atom is 0.163 e. The third-order valence-electron chi connectivity index (χ3n) is 2.73. The highest BCUT2D eigenvalue weighted by Crippen LogP contribution is 2.31. The number of Topliss-reactive ketones (excluding diaryl/α,β-unsaturated/α-hetero) is 1. The summed E-state index contributed by atoms with van der Waals surface area (Å²) < 4.78 is 0. The number of benzene rings is 1. The van der Waals surface area contributed by atoms with Crippen molar-refractivity contribution in [1.29, 1.82) is 0 Å². The third kappa shape index (κ3) is 1.89. The molecule has 0 saturated heterocycles. The first kappa shape index (κ1) is 11.3. The van der Waals surface area contributed by atoms with Gasteiger partial charge in [-0.15, -0.1) is 0 Å². The van der Waals surface area contributed by atoms with E-state index in [1.54, 1.807) is 24.3 Å². The number of carbonyl (C=O) groups is 1. The molecule has 1 aromatic carbocycles. The maximum atomic E-state index is 11.4. The number of hydrogen-bond donors (Lipinski definition) is 3. The van der Waals surface area contributed by atoms with Crippen LogP contribution in [0, 0.1) is 6.92 Å². The highest BCUT2D eigenvalue weighted by molar-refractivity contribution is 6.03. The van der Waals surface area contributed by atoms with E-state index in [9.17, 15) is 9.90 Å². The number of aryl methyl sites for hydroxylation is 1. The fourth-order valence-electron chi connectivity index (χ4n) is 1.95. The van der Waals surface area contributed by atoms with Crippen LogP contribution in [-0.4, -0.2) is 15.9 Å². The molecule has 88 valence electrons. The van der Waals surface area contributed by atoms with Crippen LogP contribution in [0.15, 0.2) is 24.3 Å². The summed E-state index contributed by atoms with van der Waals surface area (Å²) >= 11 is 0. The normalized spacial score (nSPS) is 10.5. The van der Waals surface area contributed by atoms with Gasteiger partial charge in [-0.25, -0.2) is 0 Å². The van der Waals surface area contributed by atoms with E-state index < -0.39 is 0 Å². The first-order chi connectivity index (χ1) is 8.00. The lowest BCUT2D eigenvalue weighted by molar-refractivity contribution is 0.101. The van der Waals surface area contributed by atoms with Gasteiger partial charge in [-0.1, -0.05) is 0 Å². The van der Waals surface area contributed by atoms with Crippen molar-refractivity contribution in [2.45, 2.75) is 13.8 Å². The molecule has 0 saturated carbocycles. The average molecular weight is 230 g/mol. The van der Waals surface area contributed by atoms with E-state index in [1.807, 2.05) is 6.92 Å². The van der Waals surface area contributed by atoms with Crippen LogP contribution in [0.5, 0.6) is 5.75 Å². The lowest BCUT2D eigenvalue weighted by Gasteiger charge is -2.01. The van der Waals surface area contributed by atoms with Crippen molar-refractivity contribution in [3.05, 3.63) is 35.5 Å². The Kier molecular flexibility index (Phi) is 2.63. The summed E-state index contributed by atoms with van der Waals surface area (Å²) in [5.41, 5.74) is 9.28. The molecule has 0 spiro atoms. The largest absolute Gasteiger partial charge is 0.508 e. The molecule has 2 aromatic rings. The molecule has 0 aliphatic carbocycles. The molecule has 4 heteroatoms. The van der Waals surface area contributed by atoms with Crippen LogP contribution in [-0.2, 0) is 0 Å². The minimum absolute atomic E-state index is 0.0544. The van der Waals surface area contributed by atoms with E-state index in [-0.39, 0.29) is 11.5 Å². The van der Waals surface area contributed by atoms with Crippen LogP contribution in [0.3, 0.4) is 0 Å². The van der Waals surface area contributed by atoms with E-state index in [4.69, 9.17) is 5.73 Å². The summed E-state index contributed by atoms with van der Waals surface area (Å²) in [5.74, 6) is 0.142. The van der Waals surface area contributed by atoms with Gasteiger partial charge in [0.1, 0.15) is 5.75 Å². The summed E-state index contributed by atoms with van der Waals surface area (Å²) in [5, 5.41) is 9.23. The van der Waals surface area contributed by atoms with E-state index in [0.717, 1.165) is 11.3 Å². The molecular formula is C13H14N2O2. The van der Waals surface area contributed by atoms with Gasteiger partial charge >= 0.3 is 0 Å². The molecular weight excluding hydrogens is 216 g/mol. The van der Waals surface area contributed by atoms with Gasteiger partial charge in [-0.2, -0.15) is 0 Å². The van der Waals surface area contributed by atoms with Crippen molar-refractivity contribution in [2.75, 3.05) is 5.73 Å².